The summed E-state index contributed by atoms with van der Waals surface area (Å²) in [7, 11) is 0. The molecule has 2 rings (SSSR count). The van der Waals surface area contributed by atoms with Crippen molar-refractivity contribution in [2.24, 2.45) is 0 Å². The SMILES string of the molecule is CC(C)(C)c1cc(NC(=O)Cn2ccccc2=O)on1. The Hall–Kier alpha value is -2.37. The lowest BCUT2D eigenvalue weighted by Gasteiger charge is -2.12. The van der Waals surface area contributed by atoms with Crippen molar-refractivity contribution in [1.29, 1.82) is 0 Å². The number of rotatable bonds is 3. The van der Waals surface area contributed by atoms with Crippen LogP contribution in [0, 0.1) is 0 Å². The average molecular weight is 275 g/mol. The van der Waals surface area contributed by atoms with Gasteiger partial charge in [-0.2, -0.15) is 0 Å². The molecule has 0 aliphatic carbocycles. The van der Waals surface area contributed by atoms with Gasteiger partial charge in [-0.1, -0.05) is 32.0 Å². The molecule has 0 saturated carbocycles. The molecular formula is C14H17N3O3. The van der Waals surface area contributed by atoms with Gasteiger partial charge in [-0.05, 0) is 6.07 Å². The number of pyridine rings is 1. The largest absolute Gasteiger partial charge is 0.338 e. The van der Waals surface area contributed by atoms with Gasteiger partial charge in [0.15, 0.2) is 0 Å². The van der Waals surface area contributed by atoms with Crippen LogP contribution in [0.25, 0.3) is 0 Å². The molecule has 1 N–H and O–H groups in total. The van der Waals surface area contributed by atoms with Crippen LogP contribution in [-0.2, 0) is 16.8 Å². The Kier molecular flexibility index (Phi) is 3.74. The summed E-state index contributed by atoms with van der Waals surface area (Å²) < 4.78 is 6.38. The first-order valence-electron chi connectivity index (χ1n) is 6.29. The summed E-state index contributed by atoms with van der Waals surface area (Å²) in [5.41, 5.74) is 0.378. The lowest BCUT2D eigenvalue weighted by Crippen LogP contribution is -2.26. The highest BCUT2D eigenvalue weighted by molar-refractivity contribution is 5.89. The fraction of sp³-hybridized carbons (Fsp3) is 0.357. The van der Waals surface area contributed by atoms with Gasteiger partial charge in [0, 0.05) is 23.7 Å². The van der Waals surface area contributed by atoms with Crippen molar-refractivity contribution in [3.8, 4) is 0 Å². The fourth-order valence-electron chi connectivity index (χ4n) is 1.61. The monoisotopic (exact) mass is 275 g/mol. The molecule has 1 amide bonds. The highest BCUT2D eigenvalue weighted by Gasteiger charge is 2.19. The van der Waals surface area contributed by atoms with Crippen molar-refractivity contribution in [1.82, 2.24) is 9.72 Å². The molecule has 2 aromatic heterocycles. The zero-order valence-electron chi connectivity index (χ0n) is 11.7. The van der Waals surface area contributed by atoms with E-state index in [1.54, 1.807) is 24.4 Å². The van der Waals surface area contributed by atoms with Crippen LogP contribution >= 0.6 is 0 Å². The first-order chi connectivity index (χ1) is 9.36. The summed E-state index contributed by atoms with van der Waals surface area (Å²) in [6.07, 6.45) is 1.56. The third-order valence-corrected chi connectivity index (χ3v) is 2.75. The van der Waals surface area contributed by atoms with Crippen LogP contribution in [-0.4, -0.2) is 15.6 Å². The Balaban J connectivity index is 2.04. The second kappa shape index (κ2) is 5.32. The molecule has 6 heteroatoms. The average Bonchev–Trinajstić information content (AvgIpc) is 2.80. The van der Waals surface area contributed by atoms with Gasteiger partial charge in [-0.15, -0.1) is 0 Å². The van der Waals surface area contributed by atoms with Gasteiger partial charge in [0.25, 0.3) is 5.56 Å². The molecule has 106 valence electrons. The Labute approximate surface area is 116 Å². The van der Waals surface area contributed by atoms with Crippen LogP contribution < -0.4 is 10.9 Å². The summed E-state index contributed by atoms with van der Waals surface area (Å²) in [5.74, 6) is -0.0567. The van der Waals surface area contributed by atoms with Gasteiger partial charge in [0.2, 0.25) is 11.8 Å². The van der Waals surface area contributed by atoms with Crippen molar-refractivity contribution in [3.05, 3.63) is 46.5 Å². The molecule has 0 atom stereocenters. The Bertz CT molecular complexity index is 665. The topological polar surface area (TPSA) is 77.1 Å². The number of aromatic nitrogens is 2. The summed E-state index contributed by atoms with van der Waals surface area (Å²) in [4.78, 5) is 23.3. The quantitative estimate of drug-likeness (QED) is 0.926. The van der Waals surface area contributed by atoms with Crippen LogP contribution in [0.2, 0.25) is 0 Å². The van der Waals surface area contributed by atoms with E-state index in [1.807, 2.05) is 20.8 Å². The van der Waals surface area contributed by atoms with Gasteiger partial charge in [0.1, 0.15) is 6.54 Å². The van der Waals surface area contributed by atoms with Crippen LogP contribution in [0.15, 0.2) is 39.8 Å². The van der Waals surface area contributed by atoms with Crippen LogP contribution in [0.5, 0.6) is 0 Å². The van der Waals surface area contributed by atoms with E-state index in [4.69, 9.17) is 4.52 Å². The van der Waals surface area contributed by atoms with E-state index in [2.05, 4.69) is 10.5 Å². The molecule has 0 aliphatic heterocycles. The molecule has 0 saturated heterocycles. The van der Waals surface area contributed by atoms with Crippen molar-refractivity contribution in [3.63, 3.8) is 0 Å². The van der Waals surface area contributed by atoms with Crippen LogP contribution in [0.1, 0.15) is 26.5 Å². The Morgan fingerprint density at radius 1 is 1.40 bits per heavy atom. The molecule has 6 nitrogen and oxygen atoms in total. The molecule has 0 fully saturated rings. The van der Waals surface area contributed by atoms with E-state index in [-0.39, 0.29) is 29.3 Å². The fourth-order valence-corrected chi connectivity index (χ4v) is 1.61. The highest BCUT2D eigenvalue weighted by atomic mass is 16.5. The number of nitrogens with zero attached hydrogens (tertiary/aromatic N) is 2. The standard InChI is InChI=1S/C14H17N3O3/c1-14(2,3)10-8-12(20-16-10)15-11(18)9-17-7-5-4-6-13(17)19/h4-8H,9H2,1-3H3,(H,15,18). The maximum atomic E-state index is 11.8. The highest BCUT2D eigenvalue weighted by Crippen LogP contribution is 2.23. The minimum Gasteiger partial charge on any atom is -0.338 e. The third-order valence-electron chi connectivity index (χ3n) is 2.75. The van der Waals surface area contributed by atoms with Crippen molar-refractivity contribution >= 4 is 11.8 Å². The molecular weight excluding hydrogens is 258 g/mol. The first-order valence-corrected chi connectivity index (χ1v) is 6.29. The lowest BCUT2D eigenvalue weighted by atomic mass is 9.92. The normalized spacial score (nSPS) is 11.3. The van der Waals surface area contributed by atoms with Crippen molar-refractivity contribution in [2.75, 3.05) is 5.32 Å². The summed E-state index contributed by atoms with van der Waals surface area (Å²) >= 11 is 0. The minimum atomic E-state index is -0.338. The van der Waals surface area contributed by atoms with E-state index in [0.717, 1.165) is 5.69 Å². The molecule has 2 heterocycles. The third kappa shape index (κ3) is 3.34. The molecule has 0 spiro atoms. The van der Waals surface area contributed by atoms with Crippen LogP contribution in [0.4, 0.5) is 5.88 Å². The van der Waals surface area contributed by atoms with Gasteiger partial charge in [0.05, 0.1) is 5.69 Å². The predicted molar refractivity (Wildman–Crippen MR) is 74.5 cm³/mol. The van der Waals surface area contributed by atoms with Gasteiger partial charge >= 0.3 is 0 Å². The van der Waals surface area contributed by atoms with Crippen LogP contribution in [0.3, 0.4) is 0 Å². The first kappa shape index (κ1) is 14.0. The number of carbonyl (C=O) groups excluding carboxylic acids is 1. The Morgan fingerprint density at radius 3 is 2.75 bits per heavy atom. The molecule has 0 bridgehead atoms. The molecule has 2 aromatic rings. The number of carbonyl (C=O) groups is 1. The van der Waals surface area contributed by atoms with Gasteiger partial charge in [-0.3, -0.25) is 14.9 Å². The zero-order valence-corrected chi connectivity index (χ0v) is 11.7. The maximum absolute atomic E-state index is 11.8. The number of hydrogen-bond donors (Lipinski definition) is 1. The second-order valence-electron chi connectivity index (χ2n) is 5.54. The maximum Gasteiger partial charge on any atom is 0.250 e. The number of anilines is 1. The van der Waals surface area contributed by atoms with Gasteiger partial charge < -0.3 is 9.09 Å². The molecule has 20 heavy (non-hydrogen) atoms. The summed E-state index contributed by atoms with van der Waals surface area (Å²) in [6, 6.07) is 6.41. The molecule has 0 aromatic carbocycles. The Morgan fingerprint density at radius 2 is 2.15 bits per heavy atom. The molecule has 0 radical (unpaired) electrons. The number of hydrogen-bond acceptors (Lipinski definition) is 4. The summed E-state index contributed by atoms with van der Waals surface area (Å²) in [6.45, 7) is 5.94. The molecule has 0 unspecified atom stereocenters. The smallest absolute Gasteiger partial charge is 0.250 e. The van der Waals surface area contributed by atoms with Gasteiger partial charge in [-0.25, -0.2) is 0 Å². The van der Waals surface area contributed by atoms with E-state index in [0.29, 0.717) is 0 Å². The van der Waals surface area contributed by atoms with E-state index >= 15 is 0 Å². The molecule has 0 aliphatic rings. The van der Waals surface area contributed by atoms with E-state index < -0.39 is 0 Å². The second-order valence-corrected chi connectivity index (χ2v) is 5.54. The van der Waals surface area contributed by atoms with Crippen molar-refractivity contribution < 1.29 is 9.32 Å². The number of amides is 1. The minimum absolute atomic E-state index is 0.0643. The predicted octanol–water partition coefficient (Wildman–Crippen LogP) is 1.77. The number of nitrogens with one attached hydrogen (secondary N) is 1. The lowest BCUT2D eigenvalue weighted by molar-refractivity contribution is -0.116. The van der Waals surface area contributed by atoms with Crippen molar-refractivity contribution in [2.45, 2.75) is 32.7 Å². The van der Waals surface area contributed by atoms with E-state index in [9.17, 15) is 9.59 Å². The van der Waals surface area contributed by atoms with E-state index in [1.165, 1.54) is 10.6 Å². The summed E-state index contributed by atoms with van der Waals surface area (Å²) in [5, 5.41) is 6.49. The zero-order chi connectivity index (χ0) is 14.8.